The molecule has 5 heteroatoms. The molecular formula is AlFeMgOSi. The van der Waals surface area contributed by atoms with Gasteiger partial charge in [0.05, 0.1) is 0 Å². The molecule has 5 heavy (non-hydrogen) atoms. The zero-order valence-electron chi connectivity index (χ0n) is 2.55. The van der Waals surface area contributed by atoms with Crippen molar-refractivity contribution in [2.75, 3.05) is 0 Å². The van der Waals surface area contributed by atoms with Crippen molar-refractivity contribution < 1.29 is 21.5 Å². The Hall–Kier alpha value is 1.84. The molecule has 0 atom stereocenters. The van der Waals surface area contributed by atoms with Crippen LogP contribution in [0.15, 0.2) is 0 Å². The molecule has 7 radical (unpaired) electrons. The van der Waals surface area contributed by atoms with Crippen LogP contribution in [0.3, 0.4) is 0 Å². The monoisotopic (exact) mass is 151 g/mol. The first-order valence-corrected chi connectivity index (χ1v) is 0.612. The molecule has 23 valence electrons. The zero-order chi connectivity index (χ0) is 2.00. The average molecular weight is 151 g/mol. The van der Waals surface area contributed by atoms with Gasteiger partial charge >= 0.3 is 10.1 Å². The van der Waals surface area contributed by atoms with Crippen molar-refractivity contribution >= 4 is 50.5 Å². The Morgan fingerprint density at radius 1 is 1.20 bits per heavy atom. The third-order valence-electron chi connectivity index (χ3n) is 0. The largest absolute Gasteiger partial charge is 0.381 e. The fraction of sp³-hybridized carbons (Fsp3) is 0. The van der Waals surface area contributed by atoms with Crippen LogP contribution < -0.4 is 0 Å². The molecule has 0 heterocycles. The second-order valence-electron chi connectivity index (χ2n) is 0. The van der Waals surface area contributed by atoms with E-state index in [-0.39, 0.29) is 57.5 Å². The van der Waals surface area contributed by atoms with Crippen LogP contribution in [0.5, 0.6) is 0 Å². The van der Waals surface area contributed by atoms with Gasteiger partial charge in [-0.25, -0.2) is 0 Å². The third kappa shape index (κ3) is 25.5. The van der Waals surface area contributed by atoms with Crippen LogP contribution in [0.25, 0.3) is 0 Å². The Bertz CT molecular complexity index is 11.6. The molecule has 0 saturated heterocycles. The van der Waals surface area contributed by atoms with Crippen molar-refractivity contribution in [3.8, 4) is 0 Å². The summed E-state index contributed by atoms with van der Waals surface area (Å²) in [6.07, 6.45) is 0. The van der Waals surface area contributed by atoms with Crippen molar-refractivity contribution in [2.24, 2.45) is 0 Å². The summed E-state index contributed by atoms with van der Waals surface area (Å²) in [5.41, 5.74) is 0. The van der Waals surface area contributed by atoms with Crippen LogP contribution in [0, 0.1) is 0 Å². The van der Waals surface area contributed by atoms with Crippen LogP contribution in [-0.2, 0) is 21.5 Å². The molecule has 0 aromatic heterocycles. The maximum Gasteiger partial charge on any atom is 0.381 e. The first-order valence-electron chi connectivity index (χ1n) is 0.204. The van der Waals surface area contributed by atoms with Gasteiger partial charge in [-0.3, -0.25) is 0 Å². The summed E-state index contributed by atoms with van der Waals surface area (Å²) in [7, 11) is 1.72. The molecule has 0 saturated carbocycles. The topological polar surface area (TPSA) is 17.1 Å². The zero-order valence-corrected chi connectivity index (χ0v) is 7.22. The minimum absolute atomic E-state index is 0. The van der Waals surface area contributed by atoms with E-state index in [1.54, 1.807) is 10.1 Å². The summed E-state index contributed by atoms with van der Waals surface area (Å²) in [6, 6.07) is 0. The van der Waals surface area contributed by atoms with Gasteiger partial charge in [0.15, 0.2) is 0 Å². The average Bonchev–Trinajstić information content (AvgIpc) is 1.00. The summed E-state index contributed by atoms with van der Waals surface area (Å²) in [5, 5.41) is 0. The molecule has 0 aromatic carbocycles. The van der Waals surface area contributed by atoms with Crippen molar-refractivity contribution in [3.05, 3.63) is 0 Å². The third-order valence-corrected chi connectivity index (χ3v) is 0. The van der Waals surface area contributed by atoms with Crippen molar-refractivity contribution in [2.45, 2.75) is 0 Å². The normalized spacial score (nSPS) is 0.800. The predicted octanol–water partition coefficient (Wildman–Crippen LogP) is -1.26. The quantitative estimate of drug-likeness (QED) is 0.395. The fourth-order valence-electron chi connectivity index (χ4n) is 0. The maximum absolute atomic E-state index is 8.06. The first-order chi connectivity index (χ1) is 1.00. The van der Waals surface area contributed by atoms with E-state index in [1.807, 2.05) is 0 Å². The molecule has 0 aliphatic carbocycles. The number of hydrogen-bond donors (Lipinski definition) is 0. The molecule has 0 N–H and O–H groups in total. The molecule has 0 aliphatic rings. The van der Waals surface area contributed by atoms with E-state index in [0.717, 1.165) is 0 Å². The molecule has 0 unspecified atom stereocenters. The van der Waals surface area contributed by atoms with Gasteiger partial charge in [0.25, 0.3) is 0 Å². The summed E-state index contributed by atoms with van der Waals surface area (Å²) < 4.78 is 8.06. The Morgan fingerprint density at radius 2 is 1.20 bits per heavy atom. The Kier molecular flexibility index (Phi) is 235. The SMILES string of the molecule is O=[Si].[Al].[Fe].[Mg]. The first kappa shape index (κ1) is 29.0. The van der Waals surface area contributed by atoms with Gasteiger partial charge in [0, 0.05) is 57.5 Å². The van der Waals surface area contributed by atoms with Gasteiger partial charge in [-0.2, -0.15) is 0 Å². The summed E-state index contributed by atoms with van der Waals surface area (Å²) >= 11 is 0. The summed E-state index contributed by atoms with van der Waals surface area (Å²) in [4.78, 5) is 0. The van der Waals surface area contributed by atoms with E-state index in [1.165, 1.54) is 0 Å². The van der Waals surface area contributed by atoms with E-state index in [4.69, 9.17) is 4.46 Å². The summed E-state index contributed by atoms with van der Waals surface area (Å²) in [6.45, 7) is 0. The predicted molar refractivity (Wildman–Crippen MR) is 17.9 cm³/mol. The molecule has 0 aliphatic heterocycles. The van der Waals surface area contributed by atoms with Gasteiger partial charge in [-0.05, 0) is 0 Å². The van der Waals surface area contributed by atoms with Crippen molar-refractivity contribution in [1.82, 2.24) is 0 Å². The second-order valence-corrected chi connectivity index (χ2v) is 0. The van der Waals surface area contributed by atoms with Crippen LogP contribution >= 0.6 is 0 Å². The van der Waals surface area contributed by atoms with Crippen LogP contribution in [0.4, 0.5) is 0 Å². The smallest absolute Gasteiger partial charge is 0.381 e. The molecule has 0 bridgehead atoms. The Labute approximate surface area is 71.5 Å². The van der Waals surface area contributed by atoms with Crippen molar-refractivity contribution in [1.29, 1.82) is 0 Å². The van der Waals surface area contributed by atoms with E-state index in [9.17, 15) is 0 Å². The molecule has 0 fully saturated rings. The van der Waals surface area contributed by atoms with Gasteiger partial charge in [-0.15, -0.1) is 0 Å². The van der Waals surface area contributed by atoms with Gasteiger partial charge in [0.1, 0.15) is 0 Å². The van der Waals surface area contributed by atoms with E-state index in [0.29, 0.717) is 0 Å². The van der Waals surface area contributed by atoms with E-state index < -0.39 is 0 Å². The summed E-state index contributed by atoms with van der Waals surface area (Å²) in [5.74, 6) is 0. The van der Waals surface area contributed by atoms with E-state index in [2.05, 4.69) is 0 Å². The second kappa shape index (κ2) is 40.5. The number of rotatable bonds is 0. The van der Waals surface area contributed by atoms with E-state index >= 15 is 0 Å². The standard InChI is InChI=1S/Al.Fe.Mg.OSi/c;;;1-2. The molecule has 0 aromatic rings. The molecule has 0 spiro atoms. The minimum atomic E-state index is 0. The van der Waals surface area contributed by atoms with Crippen LogP contribution in [0.1, 0.15) is 0 Å². The molecule has 0 amide bonds. The Balaban J connectivity index is -0.00000000167. The van der Waals surface area contributed by atoms with Crippen molar-refractivity contribution in [3.63, 3.8) is 0 Å². The Morgan fingerprint density at radius 3 is 1.20 bits per heavy atom. The molecule has 0 rings (SSSR count). The van der Waals surface area contributed by atoms with Gasteiger partial charge < -0.3 is 4.46 Å². The van der Waals surface area contributed by atoms with Crippen LogP contribution in [0.2, 0.25) is 0 Å². The molecular weight excluding hydrogens is 151 g/mol. The maximum atomic E-state index is 8.06. The van der Waals surface area contributed by atoms with Crippen LogP contribution in [-0.4, -0.2) is 50.5 Å². The number of hydrogen-bond acceptors (Lipinski definition) is 1. The molecule has 1 nitrogen and oxygen atoms in total. The minimum Gasteiger partial charge on any atom is -0.381 e. The van der Waals surface area contributed by atoms with Gasteiger partial charge in [0.2, 0.25) is 0 Å². The van der Waals surface area contributed by atoms with Gasteiger partial charge in [-0.1, -0.05) is 0 Å². The fourth-order valence-corrected chi connectivity index (χ4v) is 0.